The van der Waals surface area contributed by atoms with Crippen molar-refractivity contribution >= 4 is 16.3 Å². The van der Waals surface area contributed by atoms with E-state index in [0.29, 0.717) is 6.54 Å². The largest absolute Gasteiger partial charge is 0.324 e. The minimum Gasteiger partial charge on any atom is -0.311 e. The average molecular weight is 283 g/mol. The van der Waals surface area contributed by atoms with Gasteiger partial charge < -0.3 is 10.2 Å². The SMILES string of the molecule is CN(C)C1(CNCc2csc([N+](=O)[O-])c2)CCCC1. The van der Waals surface area contributed by atoms with Crippen LogP contribution < -0.4 is 5.32 Å². The first-order valence-electron chi connectivity index (χ1n) is 6.63. The number of nitrogens with zero attached hydrogens (tertiary/aromatic N) is 2. The third-order valence-corrected chi connectivity index (χ3v) is 5.02. The van der Waals surface area contributed by atoms with E-state index in [4.69, 9.17) is 0 Å². The van der Waals surface area contributed by atoms with Crippen LogP contribution in [0.25, 0.3) is 0 Å². The fourth-order valence-corrected chi connectivity index (χ4v) is 3.53. The summed E-state index contributed by atoms with van der Waals surface area (Å²) < 4.78 is 0. The first kappa shape index (κ1) is 14.4. The number of nitro groups is 1. The van der Waals surface area contributed by atoms with Crippen molar-refractivity contribution < 1.29 is 4.92 Å². The van der Waals surface area contributed by atoms with Crippen LogP contribution in [-0.2, 0) is 6.54 Å². The molecule has 1 fully saturated rings. The van der Waals surface area contributed by atoms with Gasteiger partial charge in [-0.25, -0.2) is 0 Å². The molecule has 2 rings (SSSR count). The molecule has 19 heavy (non-hydrogen) atoms. The third-order valence-electron chi connectivity index (χ3n) is 4.09. The van der Waals surface area contributed by atoms with Crippen LogP contribution in [0.15, 0.2) is 11.4 Å². The van der Waals surface area contributed by atoms with Gasteiger partial charge in [-0.2, -0.15) is 0 Å². The average Bonchev–Trinajstić information content (AvgIpc) is 2.98. The van der Waals surface area contributed by atoms with Crippen LogP contribution in [0.1, 0.15) is 31.2 Å². The molecule has 0 unspecified atom stereocenters. The molecule has 0 atom stereocenters. The third kappa shape index (κ3) is 3.32. The highest BCUT2D eigenvalue weighted by Gasteiger charge is 2.35. The standard InChI is InChI=1S/C13H21N3O2S/c1-15(2)13(5-3-4-6-13)10-14-8-11-7-12(16(17)18)19-9-11/h7,9,14H,3-6,8,10H2,1-2H3. The van der Waals surface area contributed by atoms with E-state index in [1.54, 1.807) is 6.07 Å². The monoisotopic (exact) mass is 283 g/mol. The Labute approximate surface area is 117 Å². The van der Waals surface area contributed by atoms with Gasteiger partial charge in [0, 0.05) is 30.1 Å². The van der Waals surface area contributed by atoms with Crippen molar-refractivity contribution in [2.45, 2.75) is 37.8 Å². The number of hydrogen-bond acceptors (Lipinski definition) is 5. The quantitative estimate of drug-likeness (QED) is 0.644. The Bertz CT molecular complexity index is 439. The molecule has 0 radical (unpaired) electrons. The minimum atomic E-state index is -0.327. The van der Waals surface area contributed by atoms with E-state index < -0.39 is 0 Å². The first-order chi connectivity index (χ1) is 9.03. The van der Waals surface area contributed by atoms with E-state index in [2.05, 4.69) is 24.3 Å². The molecule has 1 aromatic rings. The number of rotatable bonds is 6. The van der Waals surface area contributed by atoms with Crippen molar-refractivity contribution in [1.82, 2.24) is 10.2 Å². The topological polar surface area (TPSA) is 58.4 Å². The van der Waals surface area contributed by atoms with E-state index in [-0.39, 0.29) is 15.5 Å². The summed E-state index contributed by atoms with van der Waals surface area (Å²) in [5.74, 6) is 0. The highest BCUT2D eigenvalue weighted by atomic mass is 32.1. The molecule has 5 nitrogen and oxygen atoms in total. The summed E-state index contributed by atoms with van der Waals surface area (Å²) in [6.07, 6.45) is 5.06. The van der Waals surface area contributed by atoms with Gasteiger partial charge in [0.25, 0.3) is 0 Å². The normalized spacial score (nSPS) is 18.1. The minimum absolute atomic E-state index is 0.222. The second-order valence-electron chi connectivity index (χ2n) is 5.48. The van der Waals surface area contributed by atoms with Crippen molar-refractivity contribution in [2.24, 2.45) is 0 Å². The molecule has 0 amide bonds. The van der Waals surface area contributed by atoms with Crippen LogP contribution in [-0.4, -0.2) is 36.0 Å². The summed E-state index contributed by atoms with van der Waals surface area (Å²) in [7, 11) is 4.28. The Hall–Kier alpha value is -0.980. The lowest BCUT2D eigenvalue weighted by Crippen LogP contribution is -2.49. The molecule has 1 N–H and O–H groups in total. The van der Waals surface area contributed by atoms with Gasteiger partial charge in [-0.15, -0.1) is 0 Å². The van der Waals surface area contributed by atoms with E-state index in [1.807, 2.05) is 5.38 Å². The molecule has 0 aromatic carbocycles. The molecular formula is C13H21N3O2S. The molecular weight excluding hydrogens is 262 g/mol. The van der Waals surface area contributed by atoms with Gasteiger partial charge in [0.1, 0.15) is 0 Å². The predicted molar refractivity (Wildman–Crippen MR) is 77.6 cm³/mol. The van der Waals surface area contributed by atoms with Gasteiger partial charge in [0.15, 0.2) is 0 Å². The van der Waals surface area contributed by atoms with Crippen LogP contribution in [0.3, 0.4) is 0 Å². The fraction of sp³-hybridized carbons (Fsp3) is 0.692. The molecule has 0 saturated heterocycles. The molecule has 0 aliphatic heterocycles. The predicted octanol–water partition coefficient (Wildman–Crippen LogP) is 2.62. The maximum absolute atomic E-state index is 10.6. The van der Waals surface area contributed by atoms with Crippen molar-refractivity contribution in [3.63, 3.8) is 0 Å². The van der Waals surface area contributed by atoms with Crippen molar-refractivity contribution in [3.8, 4) is 0 Å². The summed E-state index contributed by atoms with van der Waals surface area (Å²) in [4.78, 5) is 12.6. The van der Waals surface area contributed by atoms with Crippen LogP contribution in [0.4, 0.5) is 5.00 Å². The second kappa shape index (κ2) is 5.98. The zero-order valence-corrected chi connectivity index (χ0v) is 12.3. The van der Waals surface area contributed by atoms with Crippen molar-refractivity contribution in [1.29, 1.82) is 0 Å². The number of likely N-dealkylation sites (N-methyl/N-ethyl adjacent to an activating group) is 1. The highest BCUT2D eigenvalue weighted by Crippen LogP contribution is 2.33. The number of thiophene rings is 1. The number of nitrogens with one attached hydrogen (secondary N) is 1. The van der Waals surface area contributed by atoms with E-state index >= 15 is 0 Å². The lowest BCUT2D eigenvalue weighted by atomic mass is 9.96. The lowest BCUT2D eigenvalue weighted by Gasteiger charge is -2.36. The van der Waals surface area contributed by atoms with Gasteiger partial charge in [-0.05, 0) is 32.5 Å². The van der Waals surface area contributed by atoms with Crippen molar-refractivity contribution in [3.05, 3.63) is 27.1 Å². The second-order valence-corrected chi connectivity index (χ2v) is 6.37. The summed E-state index contributed by atoms with van der Waals surface area (Å²) >= 11 is 1.20. The smallest absolute Gasteiger partial charge is 0.311 e. The zero-order valence-electron chi connectivity index (χ0n) is 11.5. The molecule has 6 heteroatoms. The van der Waals surface area contributed by atoms with E-state index in [0.717, 1.165) is 12.1 Å². The number of hydrogen-bond donors (Lipinski definition) is 1. The van der Waals surface area contributed by atoms with Gasteiger partial charge >= 0.3 is 5.00 Å². The molecule has 0 bridgehead atoms. The Morgan fingerprint density at radius 3 is 2.68 bits per heavy atom. The van der Waals surface area contributed by atoms with Gasteiger partial charge in [0.05, 0.1) is 4.92 Å². The van der Waals surface area contributed by atoms with Crippen LogP contribution in [0.5, 0.6) is 0 Å². The Balaban J connectivity index is 1.86. The summed E-state index contributed by atoms with van der Waals surface area (Å²) in [5.41, 5.74) is 1.27. The van der Waals surface area contributed by atoms with Crippen LogP contribution in [0, 0.1) is 10.1 Å². The fourth-order valence-electron chi connectivity index (χ4n) is 2.81. The molecule has 1 saturated carbocycles. The maximum Gasteiger partial charge on any atom is 0.324 e. The maximum atomic E-state index is 10.6. The Kier molecular flexibility index (Phi) is 4.54. The molecule has 1 heterocycles. The zero-order chi connectivity index (χ0) is 13.9. The molecule has 106 valence electrons. The molecule has 1 aliphatic rings. The summed E-state index contributed by atoms with van der Waals surface area (Å²) in [6.45, 7) is 1.66. The lowest BCUT2D eigenvalue weighted by molar-refractivity contribution is -0.380. The van der Waals surface area contributed by atoms with Gasteiger partial charge in [-0.1, -0.05) is 24.2 Å². The van der Waals surface area contributed by atoms with E-state index in [1.165, 1.54) is 37.0 Å². The Morgan fingerprint density at radius 2 is 2.16 bits per heavy atom. The summed E-state index contributed by atoms with van der Waals surface area (Å²) in [6, 6.07) is 1.66. The van der Waals surface area contributed by atoms with Gasteiger partial charge in [-0.3, -0.25) is 10.1 Å². The van der Waals surface area contributed by atoms with Crippen molar-refractivity contribution in [2.75, 3.05) is 20.6 Å². The Morgan fingerprint density at radius 1 is 1.47 bits per heavy atom. The molecule has 1 aromatic heterocycles. The highest BCUT2D eigenvalue weighted by molar-refractivity contribution is 7.13. The molecule has 1 aliphatic carbocycles. The molecule has 0 spiro atoms. The summed E-state index contributed by atoms with van der Waals surface area (Å²) in [5, 5.41) is 16.2. The van der Waals surface area contributed by atoms with Crippen LogP contribution in [0.2, 0.25) is 0 Å². The van der Waals surface area contributed by atoms with Crippen LogP contribution >= 0.6 is 11.3 Å². The van der Waals surface area contributed by atoms with Gasteiger partial charge in [0.2, 0.25) is 0 Å². The first-order valence-corrected chi connectivity index (χ1v) is 7.51. The van der Waals surface area contributed by atoms with E-state index in [9.17, 15) is 10.1 Å².